The second kappa shape index (κ2) is 9.25. The predicted octanol–water partition coefficient (Wildman–Crippen LogP) is 3.09. The zero-order chi connectivity index (χ0) is 15.7. The molecule has 0 aromatic heterocycles. The molecule has 0 bridgehead atoms. The van der Waals surface area contributed by atoms with Gasteiger partial charge in [0.1, 0.15) is 0 Å². The van der Waals surface area contributed by atoms with Gasteiger partial charge in [-0.15, -0.1) is 24.8 Å². The van der Waals surface area contributed by atoms with Crippen LogP contribution in [0.5, 0.6) is 0 Å². The van der Waals surface area contributed by atoms with Crippen molar-refractivity contribution in [2.75, 3.05) is 39.3 Å². The van der Waals surface area contributed by atoms with Gasteiger partial charge in [-0.2, -0.15) is 0 Å². The fourth-order valence-electron chi connectivity index (χ4n) is 5.76. The van der Waals surface area contributed by atoms with Crippen LogP contribution in [-0.2, 0) is 4.79 Å². The molecule has 2 saturated carbocycles. The smallest absolute Gasteiger partial charge is 0.230 e. The van der Waals surface area contributed by atoms with Crippen molar-refractivity contribution in [3.05, 3.63) is 0 Å². The molecule has 4 aliphatic rings. The monoisotopic (exact) mass is 391 g/mol. The van der Waals surface area contributed by atoms with E-state index in [0.717, 1.165) is 51.6 Å². The first-order valence-electron chi connectivity index (χ1n) is 10.0. The van der Waals surface area contributed by atoms with Crippen molar-refractivity contribution in [2.24, 2.45) is 11.3 Å². The Bertz CT molecular complexity index is 444. The summed E-state index contributed by atoms with van der Waals surface area (Å²) in [5.41, 5.74) is -0.0548. The van der Waals surface area contributed by atoms with Gasteiger partial charge in [0.2, 0.25) is 5.91 Å². The van der Waals surface area contributed by atoms with Crippen molar-refractivity contribution >= 4 is 30.7 Å². The first-order valence-corrected chi connectivity index (χ1v) is 10.0. The van der Waals surface area contributed by atoms with E-state index < -0.39 is 0 Å². The number of carbonyl (C=O) groups excluding carboxylic acids is 1. The first kappa shape index (κ1) is 21.3. The lowest BCUT2D eigenvalue weighted by Crippen LogP contribution is -2.50. The van der Waals surface area contributed by atoms with E-state index in [-0.39, 0.29) is 30.2 Å². The summed E-state index contributed by atoms with van der Waals surface area (Å²) in [5.74, 6) is 1.08. The zero-order valence-corrected chi connectivity index (χ0v) is 17.0. The average molecular weight is 392 g/mol. The zero-order valence-electron chi connectivity index (χ0n) is 15.4. The second-order valence-electron chi connectivity index (χ2n) is 8.35. The van der Waals surface area contributed by atoms with Crippen LogP contribution in [0.1, 0.15) is 57.8 Å². The first-order chi connectivity index (χ1) is 11.3. The molecule has 2 saturated heterocycles. The van der Waals surface area contributed by atoms with Gasteiger partial charge in [0.25, 0.3) is 0 Å². The molecule has 25 heavy (non-hydrogen) atoms. The van der Waals surface area contributed by atoms with Gasteiger partial charge in [-0.1, -0.05) is 25.7 Å². The maximum Gasteiger partial charge on any atom is 0.230 e. The van der Waals surface area contributed by atoms with E-state index in [1.54, 1.807) is 0 Å². The molecule has 2 aliphatic heterocycles. The molecular formula is C19H35Cl2N3O. The molecule has 2 heterocycles. The number of hydrogen-bond acceptors (Lipinski definition) is 3. The van der Waals surface area contributed by atoms with Crippen molar-refractivity contribution in [1.29, 1.82) is 0 Å². The van der Waals surface area contributed by atoms with Gasteiger partial charge in [0, 0.05) is 38.8 Å². The molecule has 2 atom stereocenters. The molecule has 146 valence electrons. The van der Waals surface area contributed by atoms with E-state index in [9.17, 15) is 4.79 Å². The van der Waals surface area contributed by atoms with Crippen molar-refractivity contribution < 1.29 is 4.79 Å². The van der Waals surface area contributed by atoms with Gasteiger partial charge < -0.3 is 10.2 Å². The Morgan fingerprint density at radius 1 is 0.880 bits per heavy atom. The van der Waals surface area contributed by atoms with Crippen molar-refractivity contribution in [3.8, 4) is 0 Å². The second-order valence-corrected chi connectivity index (χ2v) is 8.35. The highest BCUT2D eigenvalue weighted by Gasteiger charge is 2.51. The summed E-state index contributed by atoms with van der Waals surface area (Å²) < 4.78 is 0. The number of amides is 1. The minimum Gasteiger partial charge on any atom is -0.341 e. The SMILES string of the molecule is Cl.Cl.O=C(N1CCCN(C2CCCC2)CC1)[C@@]12CCCC[C@H]1CNC2. The molecule has 6 heteroatoms. The summed E-state index contributed by atoms with van der Waals surface area (Å²) in [6, 6.07) is 0.804. The summed E-state index contributed by atoms with van der Waals surface area (Å²) in [6.07, 6.45) is 11.7. The van der Waals surface area contributed by atoms with E-state index >= 15 is 0 Å². The molecule has 0 unspecified atom stereocenters. The molecule has 4 fully saturated rings. The van der Waals surface area contributed by atoms with Crippen LogP contribution in [0, 0.1) is 11.3 Å². The van der Waals surface area contributed by atoms with Gasteiger partial charge in [-0.25, -0.2) is 0 Å². The normalized spacial score (nSPS) is 33.9. The van der Waals surface area contributed by atoms with Gasteiger partial charge in [-0.3, -0.25) is 9.69 Å². The number of carbonyl (C=O) groups is 1. The Morgan fingerprint density at radius 2 is 1.64 bits per heavy atom. The van der Waals surface area contributed by atoms with Crippen LogP contribution >= 0.6 is 24.8 Å². The van der Waals surface area contributed by atoms with E-state index in [0.29, 0.717) is 11.8 Å². The van der Waals surface area contributed by atoms with Gasteiger partial charge >= 0.3 is 0 Å². The quantitative estimate of drug-likeness (QED) is 0.785. The summed E-state index contributed by atoms with van der Waals surface area (Å²) >= 11 is 0. The summed E-state index contributed by atoms with van der Waals surface area (Å²) in [5, 5.41) is 3.54. The topological polar surface area (TPSA) is 35.6 Å². The number of nitrogens with one attached hydrogen (secondary N) is 1. The Labute approximate surface area is 165 Å². The highest BCUT2D eigenvalue weighted by atomic mass is 35.5. The van der Waals surface area contributed by atoms with Crippen molar-refractivity contribution in [1.82, 2.24) is 15.1 Å². The fraction of sp³-hybridized carbons (Fsp3) is 0.947. The van der Waals surface area contributed by atoms with Crippen LogP contribution in [0.25, 0.3) is 0 Å². The van der Waals surface area contributed by atoms with Crippen molar-refractivity contribution in [2.45, 2.75) is 63.8 Å². The minimum atomic E-state index is -0.0548. The molecule has 1 N–H and O–H groups in total. The summed E-state index contributed by atoms with van der Waals surface area (Å²) in [4.78, 5) is 18.3. The lowest BCUT2D eigenvalue weighted by Gasteiger charge is -2.40. The highest BCUT2D eigenvalue weighted by Crippen LogP contribution is 2.45. The third-order valence-electron chi connectivity index (χ3n) is 7.12. The van der Waals surface area contributed by atoms with Gasteiger partial charge in [0.15, 0.2) is 0 Å². The van der Waals surface area contributed by atoms with Crippen molar-refractivity contribution in [3.63, 3.8) is 0 Å². The molecule has 4 nitrogen and oxygen atoms in total. The van der Waals surface area contributed by atoms with Crippen LogP contribution in [-0.4, -0.2) is 61.0 Å². The van der Waals surface area contributed by atoms with Gasteiger partial charge in [0.05, 0.1) is 5.41 Å². The van der Waals surface area contributed by atoms with E-state index in [2.05, 4.69) is 15.1 Å². The average Bonchev–Trinajstić information content (AvgIpc) is 3.20. The Balaban J connectivity index is 0.00000113. The molecule has 0 radical (unpaired) electrons. The number of fused-ring (bicyclic) bond motifs is 1. The lowest BCUT2D eigenvalue weighted by atomic mass is 9.67. The van der Waals surface area contributed by atoms with E-state index in [1.807, 2.05) is 0 Å². The molecule has 2 aliphatic carbocycles. The molecule has 0 spiro atoms. The highest BCUT2D eigenvalue weighted by molar-refractivity contribution is 5.85. The molecule has 0 aromatic rings. The van der Waals surface area contributed by atoms with E-state index in [4.69, 9.17) is 0 Å². The van der Waals surface area contributed by atoms with Gasteiger partial charge in [-0.05, 0) is 44.6 Å². The number of halogens is 2. The van der Waals surface area contributed by atoms with Crippen LogP contribution in [0.4, 0.5) is 0 Å². The number of hydrogen-bond donors (Lipinski definition) is 1. The van der Waals surface area contributed by atoms with Crippen LogP contribution in [0.3, 0.4) is 0 Å². The largest absolute Gasteiger partial charge is 0.341 e. The Hall–Kier alpha value is -0.0300. The maximum absolute atomic E-state index is 13.4. The van der Waals surface area contributed by atoms with Crippen LogP contribution in [0.15, 0.2) is 0 Å². The van der Waals surface area contributed by atoms with Crippen LogP contribution in [0.2, 0.25) is 0 Å². The third-order valence-corrected chi connectivity index (χ3v) is 7.12. The third kappa shape index (κ3) is 4.12. The summed E-state index contributed by atoms with van der Waals surface area (Å²) in [6.45, 7) is 6.24. The predicted molar refractivity (Wildman–Crippen MR) is 107 cm³/mol. The number of nitrogens with zero attached hydrogens (tertiary/aromatic N) is 2. The Morgan fingerprint density at radius 3 is 2.44 bits per heavy atom. The maximum atomic E-state index is 13.4. The number of rotatable bonds is 2. The van der Waals surface area contributed by atoms with Crippen LogP contribution < -0.4 is 5.32 Å². The lowest BCUT2D eigenvalue weighted by molar-refractivity contribution is -0.145. The minimum absolute atomic E-state index is 0. The molecule has 4 rings (SSSR count). The molecular weight excluding hydrogens is 357 g/mol. The standard InChI is InChI=1S/C19H33N3O.2ClH/c23-18(19-9-4-3-6-16(19)14-20-15-19)22-11-5-10-21(12-13-22)17-7-1-2-8-17;;/h16-17,20H,1-15H2;2*1H/t16-,19+;;/m0../s1. The molecule has 0 aromatic carbocycles. The molecule has 1 amide bonds. The fourth-order valence-corrected chi connectivity index (χ4v) is 5.76. The summed E-state index contributed by atoms with van der Waals surface area (Å²) in [7, 11) is 0. The Kier molecular flexibility index (Phi) is 7.87. The van der Waals surface area contributed by atoms with E-state index in [1.165, 1.54) is 51.5 Å².